The number of hydrogen-bond donors (Lipinski definition) is 2. The van der Waals surface area contributed by atoms with Gasteiger partial charge in [0.25, 0.3) is 0 Å². The van der Waals surface area contributed by atoms with E-state index in [1.54, 1.807) is 24.5 Å². The molecule has 3 amide bonds. The largest absolute Gasteiger partial charge is 0.461 e. The molecule has 8 heteroatoms. The van der Waals surface area contributed by atoms with Crippen molar-refractivity contribution >= 4 is 11.9 Å². The summed E-state index contributed by atoms with van der Waals surface area (Å²) in [6, 6.07) is 4.76. The Balaban J connectivity index is 1.54. The van der Waals surface area contributed by atoms with Crippen LogP contribution in [0.3, 0.4) is 0 Å². The number of rotatable bonds is 4. The lowest BCUT2D eigenvalue weighted by Gasteiger charge is -2.30. The first-order valence-electron chi connectivity index (χ1n) is 7.45. The predicted molar refractivity (Wildman–Crippen MR) is 79.9 cm³/mol. The van der Waals surface area contributed by atoms with Crippen LogP contribution < -0.4 is 11.1 Å². The van der Waals surface area contributed by atoms with Gasteiger partial charge in [-0.2, -0.15) is 0 Å². The van der Waals surface area contributed by atoms with Gasteiger partial charge in [0.1, 0.15) is 5.69 Å². The highest BCUT2D eigenvalue weighted by molar-refractivity contribution is 5.80. The Labute approximate surface area is 132 Å². The van der Waals surface area contributed by atoms with Gasteiger partial charge in [0, 0.05) is 19.2 Å². The number of nitrogens with two attached hydrogens (primary N) is 1. The van der Waals surface area contributed by atoms with Crippen molar-refractivity contribution in [2.75, 3.05) is 13.1 Å². The van der Waals surface area contributed by atoms with E-state index in [4.69, 9.17) is 14.7 Å². The highest BCUT2D eigenvalue weighted by Crippen LogP contribution is 2.21. The van der Waals surface area contributed by atoms with Crippen molar-refractivity contribution in [1.29, 1.82) is 0 Å². The van der Waals surface area contributed by atoms with E-state index in [-0.39, 0.29) is 18.4 Å². The van der Waals surface area contributed by atoms with Gasteiger partial charge in [0.15, 0.2) is 5.76 Å². The minimum atomic E-state index is -0.484. The van der Waals surface area contributed by atoms with Crippen LogP contribution in [0.2, 0.25) is 0 Å². The summed E-state index contributed by atoms with van der Waals surface area (Å²) in [5.74, 6) is 0.738. The Morgan fingerprint density at radius 3 is 3.04 bits per heavy atom. The molecule has 0 spiro atoms. The van der Waals surface area contributed by atoms with Crippen molar-refractivity contribution in [2.24, 2.45) is 11.7 Å². The van der Waals surface area contributed by atoms with Crippen LogP contribution >= 0.6 is 0 Å². The van der Waals surface area contributed by atoms with Gasteiger partial charge in [-0.05, 0) is 25.0 Å². The zero-order valence-electron chi connectivity index (χ0n) is 12.5. The van der Waals surface area contributed by atoms with Gasteiger partial charge in [-0.25, -0.2) is 4.79 Å². The fourth-order valence-electron chi connectivity index (χ4n) is 2.64. The third-order valence-electron chi connectivity index (χ3n) is 3.87. The van der Waals surface area contributed by atoms with Gasteiger partial charge >= 0.3 is 6.03 Å². The molecule has 23 heavy (non-hydrogen) atoms. The number of piperidine rings is 1. The van der Waals surface area contributed by atoms with E-state index in [1.807, 2.05) is 0 Å². The predicted octanol–water partition coefficient (Wildman–Crippen LogP) is 1.34. The molecular weight excluding hydrogens is 300 g/mol. The minimum absolute atomic E-state index is 0.113. The van der Waals surface area contributed by atoms with Crippen LogP contribution in [-0.2, 0) is 11.3 Å². The van der Waals surface area contributed by atoms with Crippen molar-refractivity contribution in [3.8, 4) is 11.5 Å². The summed E-state index contributed by atoms with van der Waals surface area (Å²) in [6.07, 6.45) is 3.06. The third-order valence-corrected chi connectivity index (χ3v) is 3.87. The molecule has 0 radical (unpaired) electrons. The summed E-state index contributed by atoms with van der Waals surface area (Å²) < 4.78 is 10.4. The maximum absolute atomic E-state index is 12.2. The average molecular weight is 318 g/mol. The molecule has 1 saturated heterocycles. The Morgan fingerprint density at radius 2 is 2.30 bits per heavy atom. The smallest absolute Gasteiger partial charge is 0.314 e. The molecule has 0 bridgehead atoms. The van der Waals surface area contributed by atoms with E-state index in [2.05, 4.69) is 10.5 Å². The topological polar surface area (TPSA) is 115 Å². The zero-order chi connectivity index (χ0) is 16.2. The number of furan rings is 1. The number of carbonyl (C=O) groups is 2. The van der Waals surface area contributed by atoms with Crippen LogP contribution in [0, 0.1) is 5.92 Å². The number of primary amides is 1. The normalized spacial score (nSPS) is 17.9. The number of aromatic nitrogens is 1. The summed E-state index contributed by atoms with van der Waals surface area (Å²) in [7, 11) is 0. The molecule has 122 valence electrons. The lowest BCUT2D eigenvalue weighted by Crippen LogP contribution is -2.47. The van der Waals surface area contributed by atoms with Crippen LogP contribution in [0.25, 0.3) is 11.5 Å². The highest BCUT2D eigenvalue weighted by atomic mass is 16.5. The van der Waals surface area contributed by atoms with Crippen LogP contribution in [0.1, 0.15) is 18.5 Å². The number of likely N-dealkylation sites (tertiary alicyclic amines) is 1. The molecule has 3 N–H and O–H groups in total. The molecular formula is C15H18N4O4. The number of carbonyl (C=O) groups excluding carboxylic acids is 2. The van der Waals surface area contributed by atoms with Crippen LogP contribution in [0.15, 0.2) is 33.4 Å². The van der Waals surface area contributed by atoms with Gasteiger partial charge < -0.3 is 24.9 Å². The Morgan fingerprint density at radius 1 is 1.43 bits per heavy atom. The SMILES string of the molecule is NC(=O)N1CCCC(C(=O)NCc2cc(-c3ccco3)on2)C1. The van der Waals surface area contributed by atoms with Crippen molar-refractivity contribution < 1.29 is 18.5 Å². The minimum Gasteiger partial charge on any atom is -0.461 e. The van der Waals surface area contributed by atoms with Crippen molar-refractivity contribution in [3.63, 3.8) is 0 Å². The standard InChI is InChI=1S/C15H18N4O4/c16-15(21)19-5-1-3-10(9-19)14(20)17-8-11-7-13(23-18-11)12-4-2-6-22-12/h2,4,6-7,10H,1,3,5,8-9H2,(H2,16,21)(H,17,20). The zero-order valence-corrected chi connectivity index (χ0v) is 12.5. The fraction of sp³-hybridized carbons (Fsp3) is 0.400. The van der Waals surface area contributed by atoms with Gasteiger partial charge in [0.2, 0.25) is 11.7 Å². The van der Waals surface area contributed by atoms with E-state index >= 15 is 0 Å². The summed E-state index contributed by atoms with van der Waals surface area (Å²) in [5, 5.41) is 6.71. The molecule has 1 atom stereocenters. The maximum atomic E-state index is 12.2. The number of nitrogens with zero attached hydrogens (tertiary/aromatic N) is 2. The van der Waals surface area contributed by atoms with E-state index in [1.165, 1.54) is 4.90 Å². The molecule has 0 aliphatic carbocycles. The fourth-order valence-corrected chi connectivity index (χ4v) is 2.64. The molecule has 0 aromatic carbocycles. The molecule has 1 fully saturated rings. The Bertz CT molecular complexity index is 679. The van der Waals surface area contributed by atoms with Crippen molar-refractivity contribution in [3.05, 3.63) is 30.2 Å². The van der Waals surface area contributed by atoms with Crippen LogP contribution in [0.4, 0.5) is 4.79 Å². The maximum Gasteiger partial charge on any atom is 0.314 e. The number of urea groups is 1. The molecule has 2 aromatic rings. The van der Waals surface area contributed by atoms with Crippen molar-refractivity contribution in [2.45, 2.75) is 19.4 Å². The molecule has 0 saturated carbocycles. The summed E-state index contributed by atoms with van der Waals surface area (Å²) >= 11 is 0. The van der Waals surface area contributed by atoms with E-state index in [0.29, 0.717) is 30.3 Å². The van der Waals surface area contributed by atoms with E-state index < -0.39 is 6.03 Å². The lowest BCUT2D eigenvalue weighted by atomic mass is 9.97. The monoisotopic (exact) mass is 318 g/mol. The second kappa shape index (κ2) is 6.55. The summed E-state index contributed by atoms with van der Waals surface area (Å²) in [6.45, 7) is 1.22. The number of amides is 3. The first-order chi connectivity index (χ1) is 11.1. The Kier molecular flexibility index (Phi) is 4.31. The summed E-state index contributed by atoms with van der Waals surface area (Å²) in [5.41, 5.74) is 5.87. The van der Waals surface area contributed by atoms with Crippen LogP contribution in [-0.4, -0.2) is 35.1 Å². The molecule has 1 aliphatic rings. The van der Waals surface area contributed by atoms with Crippen LogP contribution in [0.5, 0.6) is 0 Å². The van der Waals surface area contributed by atoms with Gasteiger partial charge in [-0.15, -0.1) is 0 Å². The lowest BCUT2D eigenvalue weighted by molar-refractivity contribution is -0.126. The summed E-state index contributed by atoms with van der Waals surface area (Å²) in [4.78, 5) is 24.9. The number of nitrogens with one attached hydrogen (secondary N) is 1. The van der Waals surface area contributed by atoms with Gasteiger partial charge in [-0.1, -0.05) is 5.16 Å². The molecule has 8 nitrogen and oxygen atoms in total. The molecule has 1 aliphatic heterocycles. The second-order valence-corrected chi connectivity index (χ2v) is 5.50. The molecule has 1 unspecified atom stereocenters. The second-order valence-electron chi connectivity index (χ2n) is 5.50. The Hall–Kier alpha value is -2.77. The molecule has 3 rings (SSSR count). The quantitative estimate of drug-likeness (QED) is 0.883. The number of hydrogen-bond acceptors (Lipinski definition) is 5. The highest BCUT2D eigenvalue weighted by Gasteiger charge is 2.27. The first kappa shape index (κ1) is 15.1. The third kappa shape index (κ3) is 3.53. The average Bonchev–Trinajstić information content (AvgIpc) is 3.23. The molecule has 3 heterocycles. The van der Waals surface area contributed by atoms with E-state index in [0.717, 1.165) is 12.8 Å². The first-order valence-corrected chi connectivity index (χ1v) is 7.45. The van der Waals surface area contributed by atoms with Crippen molar-refractivity contribution in [1.82, 2.24) is 15.4 Å². The van der Waals surface area contributed by atoms with E-state index in [9.17, 15) is 9.59 Å². The van der Waals surface area contributed by atoms with Gasteiger partial charge in [-0.3, -0.25) is 4.79 Å². The molecule has 2 aromatic heterocycles. The van der Waals surface area contributed by atoms with Gasteiger partial charge in [0.05, 0.1) is 18.7 Å².